The summed E-state index contributed by atoms with van der Waals surface area (Å²) >= 11 is 6.47. The van der Waals surface area contributed by atoms with Crippen LogP contribution < -0.4 is 14.4 Å². The van der Waals surface area contributed by atoms with Crippen LogP contribution in [0, 0.1) is 23.2 Å². The van der Waals surface area contributed by atoms with Crippen molar-refractivity contribution in [2.24, 2.45) is 23.2 Å². The molecule has 1 saturated heterocycles. The molecule has 11 heteroatoms. The Morgan fingerprint density at radius 2 is 1.92 bits per heavy atom. The number of hydrogen-bond donors (Lipinski definition) is 2. The van der Waals surface area contributed by atoms with E-state index in [1.165, 1.54) is 11.1 Å². The van der Waals surface area contributed by atoms with Gasteiger partial charge in [0.15, 0.2) is 0 Å². The second kappa shape index (κ2) is 13.8. The number of benzene rings is 2. The maximum atomic E-state index is 13.6. The van der Waals surface area contributed by atoms with E-state index in [-0.39, 0.29) is 29.4 Å². The molecule has 266 valence electrons. The first-order valence-electron chi connectivity index (χ1n) is 18.0. The highest BCUT2D eigenvalue weighted by atomic mass is 35.5. The Hall–Kier alpha value is -2.63. The van der Waals surface area contributed by atoms with Crippen molar-refractivity contribution in [2.45, 2.75) is 63.0 Å². The quantitative estimate of drug-likeness (QED) is 0.419. The van der Waals surface area contributed by atoms with Gasteiger partial charge in [0.2, 0.25) is 10.0 Å². The van der Waals surface area contributed by atoms with Gasteiger partial charge in [0, 0.05) is 54.1 Å². The standard InChI is InChI=1S/C38H50ClN3O6S/c1-26-5-3-13-37(24-43,22-41-15-17-47-18-16-41)33-10-7-30(33)21-42-23-38(14-4-6-28-19-31(39)9-11-32(28)38)25-48-35-12-8-29(20-34(35)42)36(44)40-49(45,46)27(26)2/h3,8-9,11-13,19-20,26-27,30,33,43H,4-7,10,14-18,21-25H2,1-2H3,(H,40,44)/b13-3-/t26-,27+,30-,33+,37-,38-/m0/s1. The van der Waals surface area contributed by atoms with Crippen LogP contribution in [-0.2, 0) is 26.6 Å². The summed E-state index contributed by atoms with van der Waals surface area (Å²) in [6.07, 6.45) is 9.79. The van der Waals surface area contributed by atoms with E-state index in [1.807, 2.05) is 25.1 Å². The molecule has 3 aliphatic heterocycles. The van der Waals surface area contributed by atoms with E-state index >= 15 is 0 Å². The van der Waals surface area contributed by atoms with E-state index in [4.69, 9.17) is 21.1 Å². The number of halogens is 1. The topological polar surface area (TPSA) is 108 Å². The maximum absolute atomic E-state index is 13.6. The SMILES string of the molecule is C[C@@H]1[C@@H](C)C/C=C\[C@@](CO)(CN2CCOCC2)[C@@H]2CC[C@H]2CN2C[C@@]3(CCCc4cc(Cl)ccc43)COc3ccc(cc32)C(=O)NS1(=O)=O. The molecular formula is C38H50ClN3O6S. The normalized spacial score (nSPS) is 34.0. The Bertz CT molecular complexity index is 1700. The van der Waals surface area contributed by atoms with Crippen molar-refractivity contribution in [1.29, 1.82) is 0 Å². The molecule has 0 unspecified atom stereocenters. The lowest BCUT2D eigenvalue weighted by Crippen LogP contribution is -2.55. The Morgan fingerprint density at radius 1 is 1.10 bits per heavy atom. The first kappa shape index (κ1) is 34.8. The van der Waals surface area contributed by atoms with Crippen molar-refractivity contribution in [3.63, 3.8) is 0 Å². The van der Waals surface area contributed by atoms with Crippen molar-refractivity contribution >= 4 is 33.2 Å². The van der Waals surface area contributed by atoms with Crippen LogP contribution in [0.4, 0.5) is 5.69 Å². The minimum atomic E-state index is -3.96. The van der Waals surface area contributed by atoms with Crippen LogP contribution in [0.15, 0.2) is 48.6 Å². The average molecular weight is 712 g/mol. The molecule has 3 heterocycles. The van der Waals surface area contributed by atoms with Crippen LogP contribution in [0.1, 0.15) is 67.4 Å². The van der Waals surface area contributed by atoms with Gasteiger partial charge in [0.05, 0.1) is 37.4 Å². The average Bonchev–Trinajstić information content (AvgIpc) is 3.22. The number of aliphatic hydroxyl groups is 1. The third-order valence-corrected chi connectivity index (χ3v) is 14.5. The summed E-state index contributed by atoms with van der Waals surface area (Å²) in [6, 6.07) is 11.5. The lowest BCUT2D eigenvalue weighted by molar-refractivity contribution is -0.0378. The number of aliphatic hydroxyl groups excluding tert-OH is 1. The number of carbonyl (C=O) groups excluding carboxylic acids is 1. The summed E-state index contributed by atoms with van der Waals surface area (Å²) in [5.74, 6) is 0.349. The molecule has 1 saturated carbocycles. The molecule has 1 spiro atoms. The summed E-state index contributed by atoms with van der Waals surface area (Å²) < 4.78 is 41.7. The summed E-state index contributed by atoms with van der Waals surface area (Å²) in [6.45, 7) is 9.24. The fourth-order valence-corrected chi connectivity index (χ4v) is 10.5. The number of fused-ring (bicyclic) bond motifs is 4. The Balaban J connectivity index is 1.32. The number of hydrogen-bond acceptors (Lipinski definition) is 8. The van der Waals surface area contributed by atoms with Gasteiger partial charge in [-0.25, -0.2) is 13.1 Å². The number of ether oxygens (including phenoxy) is 2. The predicted octanol–water partition coefficient (Wildman–Crippen LogP) is 5.19. The van der Waals surface area contributed by atoms with Crippen LogP contribution >= 0.6 is 11.6 Å². The van der Waals surface area contributed by atoms with Gasteiger partial charge in [0.1, 0.15) is 5.75 Å². The van der Waals surface area contributed by atoms with Gasteiger partial charge in [0.25, 0.3) is 5.91 Å². The van der Waals surface area contributed by atoms with E-state index in [9.17, 15) is 18.3 Å². The molecule has 2 N–H and O–H groups in total. The largest absolute Gasteiger partial charge is 0.490 e. The lowest BCUT2D eigenvalue weighted by atomic mass is 9.58. The molecule has 2 bridgehead atoms. The Kier molecular flexibility index (Phi) is 9.82. The van der Waals surface area contributed by atoms with E-state index < -0.39 is 26.6 Å². The molecule has 0 aromatic heterocycles. The summed E-state index contributed by atoms with van der Waals surface area (Å²) in [7, 11) is -3.96. The molecule has 5 aliphatic rings. The molecule has 1 amide bonds. The highest BCUT2D eigenvalue weighted by Crippen LogP contribution is 2.51. The minimum absolute atomic E-state index is 0.0161. The number of rotatable bonds is 3. The van der Waals surface area contributed by atoms with Crippen LogP contribution in [0.2, 0.25) is 5.02 Å². The van der Waals surface area contributed by atoms with Crippen molar-refractivity contribution in [1.82, 2.24) is 9.62 Å². The van der Waals surface area contributed by atoms with Crippen molar-refractivity contribution in [2.75, 3.05) is 64.1 Å². The zero-order valence-corrected chi connectivity index (χ0v) is 30.3. The first-order valence-corrected chi connectivity index (χ1v) is 19.9. The molecule has 9 nitrogen and oxygen atoms in total. The number of allylic oxidation sites excluding steroid dienone is 1. The molecule has 2 aromatic rings. The van der Waals surface area contributed by atoms with Crippen molar-refractivity contribution in [3.8, 4) is 5.75 Å². The van der Waals surface area contributed by atoms with E-state index in [0.29, 0.717) is 44.5 Å². The number of nitrogens with one attached hydrogen (secondary N) is 1. The van der Waals surface area contributed by atoms with Gasteiger partial charge in [-0.2, -0.15) is 0 Å². The summed E-state index contributed by atoms with van der Waals surface area (Å²) in [5, 5.41) is 11.2. The van der Waals surface area contributed by atoms with Gasteiger partial charge in [-0.1, -0.05) is 36.7 Å². The number of morpholine rings is 1. The zero-order valence-electron chi connectivity index (χ0n) is 28.7. The molecule has 2 fully saturated rings. The zero-order chi connectivity index (χ0) is 34.4. The van der Waals surface area contributed by atoms with Crippen LogP contribution in [-0.4, -0.2) is 88.7 Å². The smallest absolute Gasteiger partial charge is 0.264 e. The molecule has 0 radical (unpaired) electrons. The fraction of sp³-hybridized carbons (Fsp3) is 0.605. The number of nitrogens with zero attached hydrogens (tertiary/aromatic N) is 2. The first-order chi connectivity index (χ1) is 23.5. The molecule has 6 atom stereocenters. The highest BCUT2D eigenvalue weighted by molar-refractivity contribution is 7.90. The second-order valence-corrected chi connectivity index (χ2v) is 17.8. The van der Waals surface area contributed by atoms with Crippen molar-refractivity contribution in [3.05, 3.63) is 70.3 Å². The van der Waals surface area contributed by atoms with Gasteiger partial charge in [-0.15, -0.1) is 0 Å². The number of carbonyl (C=O) groups is 1. The molecule has 2 aliphatic carbocycles. The highest BCUT2D eigenvalue weighted by Gasteiger charge is 2.49. The Labute approximate surface area is 296 Å². The van der Waals surface area contributed by atoms with E-state index in [1.54, 1.807) is 13.0 Å². The molecule has 2 aromatic carbocycles. The molecule has 49 heavy (non-hydrogen) atoms. The van der Waals surface area contributed by atoms with Gasteiger partial charge >= 0.3 is 0 Å². The lowest BCUT2D eigenvalue weighted by Gasteiger charge is -2.52. The van der Waals surface area contributed by atoms with Crippen molar-refractivity contribution < 1.29 is 27.8 Å². The Morgan fingerprint density at radius 3 is 2.67 bits per heavy atom. The molecular weight excluding hydrogens is 662 g/mol. The van der Waals surface area contributed by atoms with E-state index in [0.717, 1.165) is 69.0 Å². The number of anilines is 1. The molecule has 7 rings (SSSR count). The predicted molar refractivity (Wildman–Crippen MR) is 192 cm³/mol. The fourth-order valence-electron chi connectivity index (χ4n) is 9.07. The van der Waals surface area contributed by atoms with Gasteiger partial charge in [-0.3, -0.25) is 9.69 Å². The number of sulfonamides is 1. The van der Waals surface area contributed by atoms with Crippen LogP contribution in [0.5, 0.6) is 5.75 Å². The summed E-state index contributed by atoms with van der Waals surface area (Å²) in [4.78, 5) is 18.4. The van der Waals surface area contributed by atoms with E-state index in [2.05, 4.69) is 38.8 Å². The second-order valence-electron chi connectivity index (χ2n) is 15.3. The number of aryl methyl sites for hydroxylation is 1. The maximum Gasteiger partial charge on any atom is 0.264 e. The summed E-state index contributed by atoms with van der Waals surface area (Å²) in [5.41, 5.74) is 2.85. The van der Waals surface area contributed by atoms with Gasteiger partial charge in [-0.05, 0) is 105 Å². The number of amides is 1. The monoisotopic (exact) mass is 711 g/mol. The van der Waals surface area contributed by atoms with Gasteiger partial charge < -0.3 is 19.5 Å². The minimum Gasteiger partial charge on any atom is -0.490 e. The van der Waals surface area contributed by atoms with Crippen LogP contribution in [0.25, 0.3) is 0 Å². The van der Waals surface area contributed by atoms with Crippen LogP contribution in [0.3, 0.4) is 0 Å². The third kappa shape index (κ3) is 6.76. The third-order valence-electron chi connectivity index (χ3n) is 12.3.